The lowest BCUT2D eigenvalue weighted by molar-refractivity contribution is -0.135. The molecule has 1 fully saturated rings. The van der Waals surface area contributed by atoms with E-state index in [0.717, 1.165) is 10.7 Å². The molecule has 150 valence electrons. The average molecular weight is 436 g/mol. The van der Waals surface area contributed by atoms with Gasteiger partial charge in [0.25, 0.3) is 0 Å². The molecule has 2 amide bonds. The largest absolute Gasteiger partial charge is 0.324 e. The quantitative estimate of drug-likeness (QED) is 0.661. The molecule has 1 unspecified atom stereocenters. The van der Waals surface area contributed by atoms with E-state index in [4.69, 9.17) is 5.26 Å². The van der Waals surface area contributed by atoms with Crippen LogP contribution in [0.3, 0.4) is 0 Å². The minimum Gasteiger partial charge on any atom is -0.324 e. The highest BCUT2D eigenvalue weighted by atomic mass is 32.2. The molecule has 0 spiro atoms. The van der Waals surface area contributed by atoms with Gasteiger partial charge in [0.1, 0.15) is 11.0 Å². The number of pyridine rings is 1. The van der Waals surface area contributed by atoms with Gasteiger partial charge in [0, 0.05) is 23.0 Å². The van der Waals surface area contributed by atoms with Gasteiger partial charge in [-0.15, -0.1) is 23.1 Å². The second-order valence-corrected chi connectivity index (χ2v) is 8.45. The Labute approximate surface area is 181 Å². The fourth-order valence-corrected chi connectivity index (χ4v) is 4.99. The molecule has 4 rings (SSSR count). The Morgan fingerprint density at radius 3 is 2.80 bits per heavy atom. The van der Waals surface area contributed by atoms with E-state index in [1.165, 1.54) is 11.3 Å². The van der Waals surface area contributed by atoms with Gasteiger partial charge < -0.3 is 10.2 Å². The number of hydrogen-bond donors (Lipinski definition) is 1. The third-order valence-corrected chi connectivity index (χ3v) is 6.48. The molecule has 1 aliphatic heterocycles. The Balaban J connectivity index is 1.40. The number of nitrogens with one attached hydrogen (secondary N) is 1. The first-order chi connectivity index (χ1) is 14.6. The van der Waals surface area contributed by atoms with Gasteiger partial charge >= 0.3 is 0 Å². The Morgan fingerprint density at radius 1 is 1.23 bits per heavy atom. The molecular weight excluding hydrogens is 418 g/mol. The molecule has 1 saturated heterocycles. The topological polar surface area (TPSA) is 99.0 Å². The first kappa shape index (κ1) is 20.1. The van der Waals surface area contributed by atoms with Gasteiger partial charge in [-0.05, 0) is 36.4 Å². The maximum atomic E-state index is 12.9. The fourth-order valence-electron chi connectivity index (χ4n) is 3.01. The number of rotatable bonds is 5. The van der Waals surface area contributed by atoms with Crippen molar-refractivity contribution in [3.05, 3.63) is 65.3 Å². The van der Waals surface area contributed by atoms with E-state index >= 15 is 0 Å². The van der Waals surface area contributed by atoms with E-state index < -0.39 is 6.04 Å². The van der Waals surface area contributed by atoms with Crippen LogP contribution in [0.5, 0.6) is 0 Å². The van der Waals surface area contributed by atoms with Crippen LogP contribution in [0.4, 0.5) is 5.69 Å². The van der Waals surface area contributed by atoms with Crippen molar-refractivity contribution in [3.8, 4) is 16.8 Å². The lowest BCUT2D eigenvalue weighted by Gasteiger charge is -2.22. The van der Waals surface area contributed by atoms with Crippen LogP contribution in [-0.2, 0) is 16.0 Å². The monoisotopic (exact) mass is 435 g/mol. The van der Waals surface area contributed by atoms with Crippen LogP contribution >= 0.6 is 23.1 Å². The number of nitriles is 1. The third kappa shape index (κ3) is 4.50. The van der Waals surface area contributed by atoms with Gasteiger partial charge in [-0.25, -0.2) is 4.98 Å². The van der Waals surface area contributed by atoms with E-state index in [1.807, 2.05) is 29.6 Å². The lowest BCUT2D eigenvalue weighted by atomic mass is 10.2. The summed E-state index contributed by atoms with van der Waals surface area (Å²) in [6.07, 6.45) is 1.85. The molecule has 1 atom stereocenters. The van der Waals surface area contributed by atoms with Crippen LogP contribution in [0.1, 0.15) is 11.3 Å². The Bertz CT molecular complexity index is 1090. The van der Waals surface area contributed by atoms with Crippen molar-refractivity contribution in [2.24, 2.45) is 0 Å². The van der Waals surface area contributed by atoms with E-state index in [0.29, 0.717) is 28.6 Å². The molecule has 0 radical (unpaired) electrons. The molecule has 3 aromatic rings. The van der Waals surface area contributed by atoms with Crippen LogP contribution in [-0.4, -0.2) is 44.4 Å². The van der Waals surface area contributed by atoms with Gasteiger partial charge in [0.15, 0.2) is 0 Å². The summed E-state index contributed by atoms with van der Waals surface area (Å²) >= 11 is 3.00. The Hall–Kier alpha value is -3.22. The van der Waals surface area contributed by atoms with Crippen LogP contribution in [0.2, 0.25) is 0 Å². The summed E-state index contributed by atoms with van der Waals surface area (Å²) in [5.74, 6) is 0.661. The molecule has 9 heteroatoms. The van der Waals surface area contributed by atoms with Crippen LogP contribution in [0, 0.1) is 11.3 Å². The number of amides is 2. The summed E-state index contributed by atoms with van der Waals surface area (Å²) in [6, 6.07) is 13.8. The van der Waals surface area contributed by atoms with Gasteiger partial charge in [0.05, 0.1) is 35.3 Å². The number of thioether (sulfide) groups is 1. The van der Waals surface area contributed by atoms with E-state index in [-0.39, 0.29) is 18.2 Å². The molecule has 0 saturated carbocycles. The van der Waals surface area contributed by atoms with Crippen molar-refractivity contribution < 1.29 is 9.59 Å². The number of benzene rings is 1. The number of thiazole rings is 1. The summed E-state index contributed by atoms with van der Waals surface area (Å²) in [4.78, 5) is 36.0. The zero-order valence-electron chi connectivity index (χ0n) is 15.8. The molecular formula is C21H17N5O2S2. The molecule has 0 bridgehead atoms. The van der Waals surface area contributed by atoms with Crippen molar-refractivity contribution in [3.63, 3.8) is 0 Å². The number of anilines is 1. The third-order valence-electron chi connectivity index (χ3n) is 4.55. The van der Waals surface area contributed by atoms with Gasteiger partial charge in [-0.1, -0.05) is 6.07 Å². The molecule has 30 heavy (non-hydrogen) atoms. The number of aromatic nitrogens is 2. The highest BCUT2D eigenvalue weighted by Crippen LogP contribution is 2.25. The van der Waals surface area contributed by atoms with Gasteiger partial charge in [-0.2, -0.15) is 5.26 Å². The molecule has 1 N–H and O–H groups in total. The summed E-state index contributed by atoms with van der Waals surface area (Å²) < 4.78 is 0. The summed E-state index contributed by atoms with van der Waals surface area (Å²) in [5.41, 5.74) is 2.57. The molecule has 0 aliphatic carbocycles. The van der Waals surface area contributed by atoms with E-state index in [2.05, 4.69) is 15.3 Å². The maximum absolute atomic E-state index is 12.9. The standard InChI is InChI=1S/C21H17N5O2S2/c22-10-14-4-6-15(7-5-14)24-20(28)18-12-29-13-26(18)19(27)9-16-11-30-21(25-16)17-3-1-2-8-23-17/h1-8,11,18H,9,12-13H2,(H,24,28). The molecule has 7 nitrogen and oxygen atoms in total. The minimum absolute atomic E-state index is 0.127. The van der Waals surface area contributed by atoms with Crippen molar-refractivity contribution in [1.29, 1.82) is 5.26 Å². The van der Waals surface area contributed by atoms with Crippen molar-refractivity contribution in [2.45, 2.75) is 12.5 Å². The lowest BCUT2D eigenvalue weighted by Crippen LogP contribution is -2.45. The predicted molar refractivity (Wildman–Crippen MR) is 117 cm³/mol. The zero-order valence-corrected chi connectivity index (χ0v) is 17.4. The summed E-state index contributed by atoms with van der Waals surface area (Å²) in [7, 11) is 0. The minimum atomic E-state index is -0.535. The van der Waals surface area contributed by atoms with Gasteiger partial charge in [0.2, 0.25) is 11.8 Å². The van der Waals surface area contributed by atoms with Crippen LogP contribution in [0.25, 0.3) is 10.7 Å². The normalized spacial score (nSPS) is 15.6. The van der Waals surface area contributed by atoms with E-state index in [9.17, 15) is 9.59 Å². The summed E-state index contributed by atoms with van der Waals surface area (Å²) in [5, 5.41) is 14.3. The first-order valence-corrected chi connectivity index (χ1v) is 11.2. The van der Waals surface area contributed by atoms with Crippen LogP contribution in [0.15, 0.2) is 54.0 Å². The number of hydrogen-bond acceptors (Lipinski definition) is 7. The first-order valence-electron chi connectivity index (χ1n) is 9.18. The van der Waals surface area contributed by atoms with Crippen molar-refractivity contribution >= 4 is 40.6 Å². The number of carbonyl (C=O) groups excluding carboxylic acids is 2. The number of carbonyl (C=O) groups is 2. The summed E-state index contributed by atoms with van der Waals surface area (Å²) in [6.45, 7) is 0. The smallest absolute Gasteiger partial charge is 0.248 e. The van der Waals surface area contributed by atoms with Crippen LogP contribution < -0.4 is 5.32 Å². The zero-order chi connectivity index (χ0) is 20.9. The highest BCUT2D eigenvalue weighted by Gasteiger charge is 2.34. The highest BCUT2D eigenvalue weighted by molar-refractivity contribution is 7.99. The van der Waals surface area contributed by atoms with Crippen molar-refractivity contribution in [1.82, 2.24) is 14.9 Å². The van der Waals surface area contributed by atoms with Crippen molar-refractivity contribution in [2.75, 3.05) is 16.9 Å². The number of nitrogens with zero attached hydrogens (tertiary/aromatic N) is 4. The molecule has 1 aliphatic rings. The average Bonchev–Trinajstić information content (AvgIpc) is 3.45. The fraction of sp³-hybridized carbons (Fsp3) is 0.190. The SMILES string of the molecule is N#Cc1ccc(NC(=O)C2CSCN2C(=O)Cc2csc(-c3ccccn3)n2)cc1. The predicted octanol–water partition coefficient (Wildman–Crippen LogP) is 3.16. The van der Waals surface area contributed by atoms with Gasteiger partial charge in [-0.3, -0.25) is 14.6 Å². The molecule has 1 aromatic carbocycles. The second kappa shape index (κ2) is 9.07. The van der Waals surface area contributed by atoms with E-state index in [1.54, 1.807) is 47.1 Å². The molecule has 2 aromatic heterocycles. The second-order valence-electron chi connectivity index (χ2n) is 6.59. The Morgan fingerprint density at radius 2 is 2.07 bits per heavy atom. The Kier molecular flexibility index (Phi) is 6.07. The maximum Gasteiger partial charge on any atom is 0.248 e. The molecule has 3 heterocycles.